The van der Waals surface area contributed by atoms with Crippen molar-refractivity contribution in [3.05, 3.63) is 107 Å². The molecule has 0 saturated carbocycles. The predicted octanol–water partition coefficient (Wildman–Crippen LogP) is 5.62. The Labute approximate surface area is 219 Å². The van der Waals surface area contributed by atoms with Gasteiger partial charge in [0.1, 0.15) is 5.75 Å². The third kappa shape index (κ3) is 5.50. The molecule has 1 atom stereocenters. The molecule has 2 heterocycles. The van der Waals surface area contributed by atoms with Crippen LogP contribution in [0.5, 0.6) is 5.75 Å². The van der Waals surface area contributed by atoms with E-state index < -0.39 is 16.1 Å². The van der Waals surface area contributed by atoms with Gasteiger partial charge in [0.25, 0.3) is 10.0 Å². The zero-order chi connectivity index (χ0) is 25.8. The largest absolute Gasteiger partial charge is 0.497 e. The number of urea groups is 1. The van der Waals surface area contributed by atoms with Crippen LogP contribution in [0.3, 0.4) is 0 Å². The Morgan fingerprint density at radius 1 is 0.973 bits per heavy atom. The topological polar surface area (TPSA) is 100 Å². The fourth-order valence-electron chi connectivity index (χ4n) is 4.06. The van der Waals surface area contributed by atoms with Gasteiger partial charge >= 0.3 is 6.03 Å². The van der Waals surface area contributed by atoms with Crippen LogP contribution in [-0.2, 0) is 10.0 Å². The normalized spacial score (nSPS) is 15.2. The second kappa shape index (κ2) is 10.5. The maximum absolute atomic E-state index is 12.8. The van der Waals surface area contributed by atoms with Gasteiger partial charge in [0.05, 0.1) is 34.3 Å². The van der Waals surface area contributed by atoms with Crippen LogP contribution >= 0.6 is 11.3 Å². The molecule has 1 aromatic heterocycles. The molecule has 37 heavy (non-hydrogen) atoms. The quantitative estimate of drug-likeness (QED) is 0.322. The summed E-state index contributed by atoms with van der Waals surface area (Å²) in [5.74, 6) is 0.623. The average Bonchev–Trinajstić information content (AvgIpc) is 3.60. The molecule has 3 aromatic carbocycles. The summed E-state index contributed by atoms with van der Waals surface area (Å²) in [7, 11) is -2.55. The van der Waals surface area contributed by atoms with E-state index in [1.54, 1.807) is 47.7 Å². The van der Waals surface area contributed by atoms with Gasteiger partial charge in [-0.15, -0.1) is 11.3 Å². The van der Waals surface area contributed by atoms with Gasteiger partial charge in [-0.25, -0.2) is 17.9 Å². The lowest BCUT2D eigenvalue weighted by atomic mass is 10.0. The van der Waals surface area contributed by atoms with Crippen LogP contribution < -0.4 is 19.8 Å². The molecule has 1 aliphatic heterocycles. The maximum Gasteiger partial charge on any atom is 0.333 e. The number of hydrogen-bond donors (Lipinski definition) is 2. The fraction of sp³-hybridized carbons (Fsp3) is 0.111. The lowest BCUT2D eigenvalue weighted by Gasteiger charge is -2.24. The highest BCUT2D eigenvalue weighted by Crippen LogP contribution is 2.37. The number of ether oxygens (including phenoxy) is 1. The van der Waals surface area contributed by atoms with Gasteiger partial charge in [-0.2, -0.15) is 5.10 Å². The Bertz CT molecular complexity index is 1500. The smallest absolute Gasteiger partial charge is 0.333 e. The molecule has 0 radical (unpaired) electrons. The fourth-order valence-corrected chi connectivity index (χ4v) is 5.69. The van der Waals surface area contributed by atoms with Crippen molar-refractivity contribution in [3.8, 4) is 5.75 Å². The number of anilines is 2. The highest BCUT2D eigenvalue weighted by atomic mass is 32.2. The molecule has 5 rings (SSSR count). The maximum atomic E-state index is 12.8. The molecule has 188 valence electrons. The van der Waals surface area contributed by atoms with Crippen LogP contribution in [0.15, 0.2) is 106 Å². The molecule has 8 nitrogen and oxygen atoms in total. The van der Waals surface area contributed by atoms with Crippen molar-refractivity contribution in [1.82, 2.24) is 4.72 Å². The molecule has 0 bridgehead atoms. The molecule has 2 amide bonds. The minimum absolute atomic E-state index is 0.0193. The van der Waals surface area contributed by atoms with Gasteiger partial charge in [0, 0.05) is 12.1 Å². The number of nitrogens with one attached hydrogen (secondary N) is 2. The Hall–Kier alpha value is -4.15. The van der Waals surface area contributed by atoms with Gasteiger partial charge in [-0.1, -0.05) is 36.4 Å². The first kappa shape index (κ1) is 24.5. The summed E-state index contributed by atoms with van der Waals surface area (Å²) < 4.78 is 32.8. The third-order valence-corrected chi connectivity index (χ3v) is 8.15. The van der Waals surface area contributed by atoms with Gasteiger partial charge < -0.3 is 10.1 Å². The van der Waals surface area contributed by atoms with E-state index in [4.69, 9.17) is 9.84 Å². The summed E-state index contributed by atoms with van der Waals surface area (Å²) in [6.07, 6.45) is 0.734. The molecule has 1 aliphatic rings. The van der Waals surface area contributed by atoms with E-state index in [9.17, 15) is 13.2 Å². The molecule has 0 fully saturated rings. The number of nitrogens with zero attached hydrogens (tertiary/aromatic N) is 2. The van der Waals surface area contributed by atoms with E-state index in [0.29, 0.717) is 11.4 Å². The van der Waals surface area contributed by atoms with Crippen LogP contribution in [0, 0.1) is 0 Å². The molecular weight excluding hydrogens is 508 g/mol. The van der Waals surface area contributed by atoms with E-state index in [1.807, 2.05) is 40.7 Å². The van der Waals surface area contributed by atoms with Crippen molar-refractivity contribution in [3.63, 3.8) is 0 Å². The number of rotatable bonds is 7. The third-order valence-electron chi connectivity index (χ3n) is 5.89. The summed E-state index contributed by atoms with van der Waals surface area (Å²) in [5, 5.41) is 11.3. The SMILES string of the molecule is COc1ccc(NC(=O)NS(=O)(=O)c2ccc(N3N=C(c4cccs4)CC3c3ccccc3)cc2)cc1. The lowest BCUT2D eigenvalue weighted by Crippen LogP contribution is -2.34. The number of methoxy groups -OCH3 is 1. The number of carbonyl (C=O) groups is 1. The highest BCUT2D eigenvalue weighted by Gasteiger charge is 2.30. The van der Waals surface area contributed by atoms with Crippen LogP contribution in [-0.4, -0.2) is 27.3 Å². The van der Waals surface area contributed by atoms with Crippen molar-refractivity contribution in [2.75, 3.05) is 17.4 Å². The average molecular weight is 533 g/mol. The minimum Gasteiger partial charge on any atom is -0.497 e. The Morgan fingerprint density at radius 2 is 1.70 bits per heavy atom. The van der Waals surface area contributed by atoms with Crippen molar-refractivity contribution >= 4 is 44.5 Å². The number of amides is 2. The standard InChI is InChI=1S/C27H24N4O4S2/c1-35-22-13-9-20(10-14-22)28-27(32)30-37(33,34)23-15-11-21(12-16-23)31-25(19-6-3-2-4-7-19)18-24(29-31)26-8-5-17-36-26/h2-17,25H,18H2,1H3,(H2,28,30,32). The van der Waals surface area contributed by atoms with E-state index >= 15 is 0 Å². The molecule has 2 N–H and O–H groups in total. The summed E-state index contributed by atoms with van der Waals surface area (Å²) >= 11 is 1.64. The van der Waals surface area contributed by atoms with Crippen molar-refractivity contribution in [2.24, 2.45) is 5.10 Å². The van der Waals surface area contributed by atoms with Crippen molar-refractivity contribution < 1.29 is 17.9 Å². The minimum atomic E-state index is -4.08. The molecule has 10 heteroatoms. The second-order valence-electron chi connectivity index (χ2n) is 8.28. The second-order valence-corrected chi connectivity index (χ2v) is 10.9. The van der Waals surface area contributed by atoms with Crippen molar-refractivity contribution in [2.45, 2.75) is 17.4 Å². The molecule has 0 spiro atoms. The summed E-state index contributed by atoms with van der Waals surface area (Å²) in [4.78, 5) is 13.4. The van der Waals surface area contributed by atoms with Crippen LogP contribution in [0.25, 0.3) is 0 Å². The van der Waals surface area contributed by atoms with Gasteiger partial charge in [0.15, 0.2) is 0 Å². The number of sulfonamides is 1. The van der Waals surface area contributed by atoms with Crippen LogP contribution in [0.4, 0.5) is 16.2 Å². The van der Waals surface area contributed by atoms with Gasteiger partial charge in [0.2, 0.25) is 0 Å². The van der Waals surface area contributed by atoms with Gasteiger partial charge in [-0.3, -0.25) is 5.01 Å². The molecule has 0 aliphatic carbocycles. The Balaban J connectivity index is 1.34. The highest BCUT2D eigenvalue weighted by molar-refractivity contribution is 7.90. The van der Waals surface area contributed by atoms with E-state index in [2.05, 4.69) is 22.2 Å². The first-order valence-corrected chi connectivity index (χ1v) is 13.8. The number of thiophene rings is 1. The van der Waals surface area contributed by atoms with E-state index in [0.717, 1.165) is 28.3 Å². The zero-order valence-electron chi connectivity index (χ0n) is 19.9. The van der Waals surface area contributed by atoms with E-state index in [1.165, 1.54) is 19.2 Å². The molecule has 0 saturated heterocycles. The number of carbonyl (C=O) groups excluding carboxylic acids is 1. The summed E-state index contributed by atoms with van der Waals surface area (Å²) in [5.41, 5.74) is 3.29. The molecule has 1 unspecified atom stereocenters. The van der Waals surface area contributed by atoms with E-state index in [-0.39, 0.29) is 10.9 Å². The van der Waals surface area contributed by atoms with Crippen LogP contribution in [0.1, 0.15) is 22.9 Å². The summed E-state index contributed by atoms with van der Waals surface area (Å²) in [6.45, 7) is 0. The molecule has 4 aromatic rings. The summed E-state index contributed by atoms with van der Waals surface area (Å²) in [6, 6.07) is 26.2. The predicted molar refractivity (Wildman–Crippen MR) is 146 cm³/mol. The van der Waals surface area contributed by atoms with Gasteiger partial charge in [-0.05, 0) is 65.5 Å². The lowest BCUT2D eigenvalue weighted by molar-refractivity contribution is 0.256. The Morgan fingerprint density at radius 3 is 2.35 bits per heavy atom. The number of benzene rings is 3. The number of hydrazone groups is 1. The van der Waals surface area contributed by atoms with Crippen molar-refractivity contribution in [1.29, 1.82) is 0 Å². The Kier molecular flexibility index (Phi) is 6.93. The monoisotopic (exact) mass is 532 g/mol. The van der Waals surface area contributed by atoms with Crippen LogP contribution in [0.2, 0.25) is 0 Å². The number of hydrogen-bond acceptors (Lipinski definition) is 7. The molecular formula is C27H24N4O4S2. The first-order valence-electron chi connectivity index (χ1n) is 11.5. The zero-order valence-corrected chi connectivity index (χ0v) is 21.5. The first-order chi connectivity index (χ1) is 17.9.